The smallest absolute Gasteiger partial charge is 0.259 e. The molecule has 2 aliphatic rings. The number of benzene rings is 3. The number of carbonyl (C=O) groups is 2. The molecule has 3 aromatic carbocycles. The zero-order valence-electron chi connectivity index (χ0n) is 16.1. The topological polar surface area (TPSA) is 40.6 Å². The summed E-state index contributed by atoms with van der Waals surface area (Å²) in [5.74, 6) is -0.483. The van der Waals surface area contributed by atoms with Gasteiger partial charge in [-0.2, -0.15) is 0 Å². The number of hydrogen-bond donors (Lipinski definition) is 0. The Bertz CT molecular complexity index is 1100. The van der Waals surface area contributed by atoms with E-state index in [9.17, 15) is 9.59 Å². The van der Waals surface area contributed by atoms with Gasteiger partial charge in [-0.15, -0.1) is 0 Å². The third kappa shape index (κ3) is 3.08. The molecule has 6 heteroatoms. The van der Waals surface area contributed by atoms with Crippen LogP contribution in [0, 0.1) is 0 Å². The molecule has 0 saturated heterocycles. The number of hydrogen-bond acceptors (Lipinski definition) is 2. The Morgan fingerprint density at radius 1 is 0.667 bits per heavy atom. The molecule has 30 heavy (non-hydrogen) atoms. The monoisotopic (exact) mass is 436 g/mol. The van der Waals surface area contributed by atoms with Gasteiger partial charge in [-0.05, 0) is 48.2 Å². The molecule has 4 nitrogen and oxygen atoms in total. The average molecular weight is 437 g/mol. The lowest BCUT2D eigenvalue weighted by Gasteiger charge is -2.22. The van der Waals surface area contributed by atoms with Crippen molar-refractivity contribution in [3.8, 4) is 0 Å². The molecule has 0 aromatic heterocycles. The fourth-order valence-electron chi connectivity index (χ4n) is 4.29. The number of carbonyl (C=O) groups excluding carboxylic acids is 2. The van der Waals surface area contributed by atoms with E-state index in [1.807, 2.05) is 48.5 Å². The Hall–Kier alpha value is -2.82. The summed E-state index contributed by atoms with van der Waals surface area (Å²) < 4.78 is 0. The second-order valence-corrected chi connectivity index (χ2v) is 8.30. The van der Waals surface area contributed by atoms with Crippen LogP contribution < -0.4 is 9.80 Å². The maximum absolute atomic E-state index is 13.5. The zero-order valence-corrected chi connectivity index (χ0v) is 17.6. The van der Waals surface area contributed by atoms with Crippen LogP contribution in [0.25, 0.3) is 0 Å². The molecule has 5 rings (SSSR count). The minimum atomic E-state index is -0.241. The van der Waals surface area contributed by atoms with Gasteiger partial charge in [0.05, 0.1) is 21.2 Å². The van der Waals surface area contributed by atoms with Gasteiger partial charge < -0.3 is 9.80 Å². The van der Waals surface area contributed by atoms with Crippen LogP contribution in [0.1, 0.15) is 31.8 Å². The third-order valence-electron chi connectivity index (χ3n) is 5.79. The first-order chi connectivity index (χ1) is 14.5. The highest BCUT2D eigenvalue weighted by Crippen LogP contribution is 2.34. The largest absolute Gasteiger partial charge is 0.308 e. The first-order valence-corrected chi connectivity index (χ1v) is 10.6. The number of halogens is 2. The van der Waals surface area contributed by atoms with E-state index in [1.54, 1.807) is 9.80 Å². The van der Waals surface area contributed by atoms with E-state index in [0.29, 0.717) is 13.1 Å². The van der Waals surface area contributed by atoms with Gasteiger partial charge in [0.25, 0.3) is 11.8 Å². The molecule has 0 fully saturated rings. The lowest BCUT2D eigenvalue weighted by Crippen LogP contribution is -2.34. The van der Waals surface area contributed by atoms with Crippen LogP contribution in [0.3, 0.4) is 0 Å². The maximum Gasteiger partial charge on any atom is 0.259 e. The summed E-state index contributed by atoms with van der Waals surface area (Å²) in [6, 6.07) is 18.7. The van der Waals surface area contributed by atoms with E-state index >= 15 is 0 Å². The van der Waals surface area contributed by atoms with Gasteiger partial charge in [0.1, 0.15) is 0 Å². The van der Waals surface area contributed by atoms with Crippen LogP contribution in [0.5, 0.6) is 0 Å². The van der Waals surface area contributed by atoms with Crippen molar-refractivity contribution in [3.63, 3.8) is 0 Å². The van der Waals surface area contributed by atoms with E-state index in [4.69, 9.17) is 23.2 Å². The summed E-state index contributed by atoms with van der Waals surface area (Å²) in [6.07, 6.45) is 1.57. The normalized spacial score (nSPS) is 14.6. The molecule has 0 unspecified atom stereocenters. The fourth-order valence-corrected chi connectivity index (χ4v) is 4.62. The molecule has 0 bridgehead atoms. The quantitative estimate of drug-likeness (QED) is 0.539. The minimum absolute atomic E-state index is 0.241. The number of fused-ring (bicyclic) bond motifs is 2. The molecular weight excluding hydrogens is 419 g/mol. The van der Waals surface area contributed by atoms with Crippen LogP contribution in [0.4, 0.5) is 11.4 Å². The molecule has 0 spiro atoms. The number of anilines is 2. The Labute approximate surface area is 184 Å². The minimum Gasteiger partial charge on any atom is -0.308 e. The van der Waals surface area contributed by atoms with Gasteiger partial charge in [0.2, 0.25) is 0 Å². The Morgan fingerprint density at radius 2 is 1.07 bits per heavy atom. The molecule has 2 amide bonds. The van der Waals surface area contributed by atoms with Crippen molar-refractivity contribution >= 4 is 46.4 Å². The summed E-state index contributed by atoms with van der Waals surface area (Å²) in [5, 5.41) is 0.511. The summed E-state index contributed by atoms with van der Waals surface area (Å²) >= 11 is 12.5. The SMILES string of the molecule is O=C(c1cc(Cl)c(Cl)cc1C(=O)N1CCc2ccccc21)N1CCc2ccccc21. The predicted molar refractivity (Wildman–Crippen MR) is 120 cm³/mol. The van der Waals surface area contributed by atoms with Gasteiger partial charge in [0, 0.05) is 24.5 Å². The van der Waals surface area contributed by atoms with Crippen LogP contribution in [-0.4, -0.2) is 24.9 Å². The summed E-state index contributed by atoms with van der Waals surface area (Å²) in [4.78, 5) is 30.4. The molecule has 0 atom stereocenters. The molecule has 3 aromatic rings. The zero-order chi connectivity index (χ0) is 20.8. The second-order valence-electron chi connectivity index (χ2n) is 7.48. The number of rotatable bonds is 2. The summed E-state index contributed by atoms with van der Waals surface area (Å²) in [6.45, 7) is 1.14. The van der Waals surface area contributed by atoms with Crippen molar-refractivity contribution in [2.24, 2.45) is 0 Å². The Morgan fingerprint density at radius 3 is 1.50 bits per heavy atom. The standard InChI is InChI=1S/C24H18Cl2N2O2/c25-19-13-17(23(29)27-11-9-15-5-1-3-7-21(15)27)18(14-20(19)26)24(30)28-12-10-16-6-2-4-8-22(16)28/h1-8,13-14H,9-12H2. The number of para-hydroxylation sites is 2. The second kappa shape index (κ2) is 7.46. The molecule has 150 valence electrons. The molecule has 0 saturated carbocycles. The van der Waals surface area contributed by atoms with Gasteiger partial charge in [0.15, 0.2) is 0 Å². The van der Waals surface area contributed by atoms with Crippen LogP contribution in [0.15, 0.2) is 60.7 Å². The van der Waals surface area contributed by atoms with Gasteiger partial charge in [-0.25, -0.2) is 0 Å². The average Bonchev–Trinajstić information content (AvgIpc) is 3.39. The van der Waals surface area contributed by atoms with Crippen molar-refractivity contribution in [2.75, 3.05) is 22.9 Å². The highest BCUT2D eigenvalue weighted by atomic mass is 35.5. The van der Waals surface area contributed by atoms with Crippen molar-refractivity contribution in [3.05, 3.63) is 93.0 Å². The van der Waals surface area contributed by atoms with Crippen molar-refractivity contribution in [2.45, 2.75) is 12.8 Å². The van der Waals surface area contributed by atoms with Crippen LogP contribution in [0.2, 0.25) is 10.0 Å². The van der Waals surface area contributed by atoms with E-state index < -0.39 is 0 Å². The predicted octanol–water partition coefficient (Wildman–Crippen LogP) is 5.40. The first-order valence-electron chi connectivity index (χ1n) is 9.83. The van der Waals surface area contributed by atoms with Crippen LogP contribution >= 0.6 is 23.2 Å². The molecule has 0 aliphatic carbocycles. The molecule has 0 N–H and O–H groups in total. The Kier molecular flexibility index (Phi) is 4.76. The summed E-state index contributed by atoms with van der Waals surface area (Å²) in [5.41, 5.74) is 4.53. The molecule has 2 aliphatic heterocycles. The molecular formula is C24H18Cl2N2O2. The van der Waals surface area contributed by atoms with E-state index in [0.717, 1.165) is 35.3 Å². The number of nitrogens with zero attached hydrogens (tertiary/aromatic N) is 2. The van der Waals surface area contributed by atoms with Crippen LogP contribution in [-0.2, 0) is 12.8 Å². The van der Waals surface area contributed by atoms with E-state index in [1.165, 1.54) is 12.1 Å². The Balaban J connectivity index is 1.57. The van der Waals surface area contributed by atoms with Crippen molar-refractivity contribution in [1.82, 2.24) is 0 Å². The first kappa shape index (κ1) is 19.2. The summed E-state index contributed by atoms with van der Waals surface area (Å²) in [7, 11) is 0. The van der Waals surface area contributed by atoms with Gasteiger partial charge in [-0.3, -0.25) is 9.59 Å². The van der Waals surface area contributed by atoms with Crippen molar-refractivity contribution in [1.29, 1.82) is 0 Å². The number of amides is 2. The fraction of sp³-hybridized carbons (Fsp3) is 0.167. The lowest BCUT2D eigenvalue weighted by atomic mass is 10.0. The lowest BCUT2D eigenvalue weighted by molar-refractivity contribution is 0.0957. The van der Waals surface area contributed by atoms with E-state index in [-0.39, 0.29) is 33.0 Å². The molecule has 0 radical (unpaired) electrons. The highest BCUT2D eigenvalue weighted by Gasteiger charge is 2.32. The molecule has 2 heterocycles. The van der Waals surface area contributed by atoms with Crippen molar-refractivity contribution < 1.29 is 9.59 Å². The highest BCUT2D eigenvalue weighted by molar-refractivity contribution is 6.42. The maximum atomic E-state index is 13.5. The van der Waals surface area contributed by atoms with E-state index in [2.05, 4.69) is 0 Å². The third-order valence-corrected chi connectivity index (χ3v) is 6.51. The van der Waals surface area contributed by atoms with Gasteiger partial charge >= 0.3 is 0 Å². The van der Waals surface area contributed by atoms with Gasteiger partial charge in [-0.1, -0.05) is 59.6 Å².